The summed E-state index contributed by atoms with van der Waals surface area (Å²) in [5.74, 6) is 0.943. The molecule has 6 nitrogen and oxygen atoms in total. The number of sulfonamides is 1. The molecule has 1 amide bonds. The van der Waals surface area contributed by atoms with Crippen molar-refractivity contribution < 1.29 is 17.9 Å². The fraction of sp³-hybridized carbons (Fsp3) is 0.409. The van der Waals surface area contributed by atoms with Crippen LogP contribution in [0.4, 0.5) is 5.69 Å². The second kappa shape index (κ2) is 9.41. The van der Waals surface area contributed by atoms with Gasteiger partial charge in [-0.3, -0.25) is 4.79 Å². The van der Waals surface area contributed by atoms with Crippen molar-refractivity contribution in [3.8, 4) is 5.75 Å². The van der Waals surface area contributed by atoms with Crippen molar-refractivity contribution >= 4 is 21.6 Å². The highest BCUT2D eigenvalue weighted by atomic mass is 32.2. The molecule has 0 aromatic heterocycles. The molecule has 2 aromatic carbocycles. The molecule has 0 spiro atoms. The van der Waals surface area contributed by atoms with E-state index in [0.29, 0.717) is 42.6 Å². The zero-order valence-corrected chi connectivity index (χ0v) is 17.7. The van der Waals surface area contributed by atoms with E-state index in [-0.39, 0.29) is 10.8 Å². The van der Waals surface area contributed by atoms with Gasteiger partial charge in [-0.15, -0.1) is 0 Å². The van der Waals surface area contributed by atoms with E-state index in [9.17, 15) is 13.2 Å². The fourth-order valence-corrected chi connectivity index (χ4v) is 4.65. The molecule has 1 N–H and O–H groups in total. The van der Waals surface area contributed by atoms with Crippen molar-refractivity contribution in [2.24, 2.45) is 5.92 Å². The lowest BCUT2D eigenvalue weighted by Gasteiger charge is -2.15. The Hall–Kier alpha value is -2.38. The Morgan fingerprint density at radius 1 is 1.10 bits per heavy atom. The molecule has 1 aliphatic rings. The maximum atomic E-state index is 12.6. The molecule has 1 heterocycles. The van der Waals surface area contributed by atoms with Crippen LogP contribution in [0.1, 0.15) is 43.5 Å². The van der Waals surface area contributed by atoms with Crippen molar-refractivity contribution in [3.05, 3.63) is 54.1 Å². The average molecular weight is 417 g/mol. The largest absolute Gasteiger partial charge is 0.494 e. The first-order valence-electron chi connectivity index (χ1n) is 10.0. The molecule has 0 radical (unpaired) electrons. The number of rotatable bonds is 8. The average Bonchev–Trinajstić information content (AvgIpc) is 3.24. The van der Waals surface area contributed by atoms with Crippen LogP contribution >= 0.6 is 0 Å². The van der Waals surface area contributed by atoms with E-state index in [1.807, 2.05) is 6.07 Å². The third-order valence-electron chi connectivity index (χ3n) is 4.88. The second-order valence-corrected chi connectivity index (χ2v) is 9.59. The number of hydrogen-bond donors (Lipinski definition) is 1. The summed E-state index contributed by atoms with van der Waals surface area (Å²) >= 11 is 0. The first-order valence-corrected chi connectivity index (χ1v) is 11.4. The molecule has 1 fully saturated rings. The van der Waals surface area contributed by atoms with Crippen LogP contribution in [-0.2, 0) is 10.0 Å². The molecular formula is C22H28N2O4S. The summed E-state index contributed by atoms with van der Waals surface area (Å²) < 4.78 is 32.4. The van der Waals surface area contributed by atoms with Crippen LogP contribution in [0.15, 0.2) is 53.4 Å². The Labute approximate surface area is 172 Å². The number of benzene rings is 2. The van der Waals surface area contributed by atoms with Gasteiger partial charge in [0, 0.05) is 24.3 Å². The summed E-state index contributed by atoms with van der Waals surface area (Å²) in [5.41, 5.74) is 1.03. The van der Waals surface area contributed by atoms with Crippen LogP contribution in [0.25, 0.3) is 0 Å². The highest BCUT2D eigenvalue weighted by molar-refractivity contribution is 7.89. The molecule has 1 aliphatic heterocycles. The molecule has 156 valence electrons. The van der Waals surface area contributed by atoms with Gasteiger partial charge in [0.15, 0.2) is 0 Å². The van der Waals surface area contributed by atoms with Gasteiger partial charge in [0.1, 0.15) is 5.75 Å². The number of ether oxygens (including phenoxy) is 1. The van der Waals surface area contributed by atoms with Crippen molar-refractivity contribution in [2.75, 3.05) is 25.0 Å². The normalized spacial score (nSPS) is 14.9. The van der Waals surface area contributed by atoms with Crippen LogP contribution in [0.5, 0.6) is 5.75 Å². The van der Waals surface area contributed by atoms with E-state index in [0.717, 1.165) is 19.3 Å². The van der Waals surface area contributed by atoms with Gasteiger partial charge in [0.05, 0.1) is 11.5 Å². The third kappa shape index (κ3) is 5.58. The van der Waals surface area contributed by atoms with Gasteiger partial charge in [-0.05, 0) is 67.6 Å². The maximum Gasteiger partial charge on any atom is 0.255 e. The van der Waals surface area contributed by atoms with Gasteiger partial charge in [-0.1, -0.05) is 19.9 Å². The predicted octanol–water partition coefficient (Wildman–Crippen LogP) is 4.15. The summed E-state index contributed by atoms with van der Waals surface area (Å²) in [5, 5.41) is 2.81. The Morgan fingerprint density at radius 2 is 1.79 bits per heavy atom. The highest BCUT2D eigenvalue weighted by Crippen LogP contribution is 2.23. The maximum absolute atomic E-state index is 12.6. The van der Waals surface area contributed by atoms with Crippen LogP contribution in [0.3, 0.4) is 0 Å². The molecule has 0 bridgehead atoms. The predicted molar refractivity (Wildman–Crippen MR) is 114 cm³/mol. The molecule has 1 saturated heterocycles. The van der Waals surface area contributed by atoms with Crippen LogP contribution < -0.4 is 10.1 Å². The standard InChI is InChI=1S/C22H28N2O4S/c1-17(2)12-15-28-20-7-5-6-18(16-20)22(25)23-19-8-10-21(11-9-19)29(26,27)24-13-3-4-14-24/h5-11,16-17H,3-4,12-15H2,1-2H3,(H,23,25). The first kappa shape index (κ1) is 21.3. The topological polar surface area (TPSA) is 75.7 Å². The Balaban J connectivity index is 1.63. The zero-order valence-electron chi connectivity index (χ0n) is 16.9. The summed E-state index contributed by atoms with van der Waals surface area (Å²) in [7, 11) is -3.45. The Kier molecular flexibility index (Phi) is 6.92. The molecule has 0 saturated carbocycles. The van der Waals surface area contributed by atoms with Crippen molar-refractivity contribution in [3.63, 3.8) is 0 Å². The first-order chi connectivity index (χ1) is 13.9. The van der Waals surface area contributed by atoms with E-state index in [1.54, 1.807) is 30.3 Å². The lowest BCUT2D eigenvalue weighted by Crippen LogP contribution is -2.27. The van der Waals surface area contributed by atoms with Gasteiger partial charge in [0.2, 0.25) is 10.0 Å². The van der Waals surface area contributed by atoms with Crippen molar-refractivity contribution in [1.29, 1.82) is 0 Å². The summed E-state index contributed by atoms with van der Waals surface area (Å²) in [6, 6.07) is 13.3. The molecule has 0 atom stereocenters. The highest BCUT2D eigenvalue weighted by Gasteiger charge is 2.26. The minimum atomic E-state index is -3.45. The lowest BCUT2D eigenvalue weighted by atomic mass is 10.1. The lowest BCUT2D eigenvalue weighted by molar-refractivity contribution is 0.102. The number of hydrogen-bond acceptors (Lipinski definition) is 4. The molecule has 3 rings (SSSR count). The van der Waals surface area contributed by atoms with Crippen LogP contribution in [0, 0.1) is 5.92 Å². The molecule has 2 aromatic rings. The number of carbonyl (C=O) groups is 1. The summed E-state index contributed by atoms with van der Waals surface area (Å²) in [6.07, 6.45) is 2.74. The summed E-state index contributed by atoms with van der Waals surface area (Å²) in [4.78, 5) is 12.8. The van der Waals surface area contributed by atoms with Crippen molar-refractivity contribution in [2.45, 2.75) is 38.0 Å². The van der Waals surface area contributed by atoms with Gasteiger partial charge >= 0.3 is 0 Å². The van der Waals surface area contributed by atoms with Gasteiger partial charge in [0.25, 0.3) is 5.91 Å². The Morgan fingerprint density at radius 3 is 2.45 bits per heavy atom. The van der Waals surface area contributed by atoms with Crippen LogP contribution in [0.2, 0.25) is 0 Å². The van der Waals surface area contributed by atoms with E-state index >= 15 is 0 Å². The zero-order chi connectivity index (χ0) is 20.9. The molecule has 29 heavy (non-hydrogen) atoms. The second-order valence-electron chi connectivity index (χ2n) is 7.65. The van der Waals surface area contributed by atoms with E-state index in [1.165, 1.54) is 16.4 Å². The molecule has 0 aliphatic carbocycles. The molecular weight excluding hydrogens is 388 g/mol. The quantitative estimate of drug-likeness (QED) is 0.701. The fourth-order valence-electron chi connectivity index (χ4n) is 3.13. The van der Waals surface area contributed by atoms with Gasteiger partial charge in [-0.25, -0.2) is 8.42 Å². The number of nitrogens with one attached hydrogen (secondary N) is 1. The van der Waals surface area contributed by atoms with Crippen LogP contribution in [-0.4, -0.2) is 38.3 Å². The minimum absolute atomic E-state index is 0.248. The number of nitrogens with zero attached hydrogens (tertiary/aromatic N) is 1. The van der Waals surface area contributed by atoms with E-state index < -0.39 is 10.0 Å². The van der Waals surface area contributed by atoms with Gasteiger partial charge in [-0.2, -0.15) is 4.31 Å². The number of amides is 1. The monoisotopic (exact) mass is 416 g/mol. The van der Waals surface area contributed by atoms with E-state index in [2.05, 4.69) is 19.2 Å². The molecule has 0 unspecified atom stereocenters. The molecule has 7 heteroatoms. The SMILES string of the molecule is CC(C)CCOc1cccc(C(=O)Nc2ccc(S(=O)(=O)N3CCCC3)cc2)c1. The van der Waals surface area contributed by atoms with Gasteiger partial charge < -0.3 is 10.1 Å². The third-order valence-corrected chi connectivity index (χ3v) is 6.79. The minimum Gasteiger partial charge on any atom is -0.494 e. The van der Waals surface area contributed by atoms with E-state index in [4.69, 9.17) is 4.74 Å². The number of anilines is 1. The smallest absolute Gasteiger partial charge is 0.255 e. The number of carbonyl (C=O) groups excluding carboxylic acids is 1. The van der Waals surface area contributed by atoms with Crippen molar-refractivity contribution in [1.82, 2.24) is 4.31 Å². The summed E-state index contributed by atoms with van der Waals surface area (Å²) in [6.45, 7) is 6.01. The Bertz CT molecular complexity index is 934.